The lowest BCUT2D eigenvalue weighted by molar-refractivity contribution is -0.121. The van der Waals surface area contributed by atoms with Crippen LogP contribution in [0, 0.1) is 0 Å². The van der Waals surface area contributed by atoms with Crippen LogP contribution in [0.2, 0.25) is 0 Å². The third kappa shape index (κ3) is 1.66. The van der Waals surface area contributed by atoms with Gasteiger partial charge in [0.05, 0.1) is 5.69 Å². The van der Waals surface area contributed by atoms with Gasteiger partial charge < -0.3 is 9.64 Å². The first-order valence-corrected chi connectivity index (χ1v) is 5.44. The Balaban J connectivity index is 2.57. The summed E-state index contributed by atoms with van der Waals surface area (Å²) < 4.78 is 5.57. The maximum absolute atomic E-state index is 11.5. The highest BCUT2D eigenvalue weighted by molar-refractivity contribution is 5.97. The monoisotopic (exact) mass is 219 g/mol. The number of benzene rings is 1. The quantitative estimate of drug-likeness (QED) is 0.670. The highest BCUT2D eigenvalue weighted by atomic mass is 16.5. The summed E-state index contributed by atoms with van der Waals surface area (Å²) in [6, 6.07) is 5.95. The minimum absolute atomic E-state index is 0.00133. The van der Waals surface area contributed by atoms with E-state index in [1.165, 1.54) is 0 Å². The number of rotatable bonds is 0. The highest BCUT2D eigenvalue weighted by Crippen LogP contribution is 2.40. The van der Waals surface area contributed by atoms with Crippen LogP contribution in [0.4, 0.5) is 5.69 Å². The Bertz CT molecular complexity index is 432. The third-order valence-electron chi connectivity index (χ3n) is 2.88. The summed E-state index contributed by atoms with van der Waals surface area (Å²) in [7, 11) is 1.79. The molecule has 0 saturated heterocycles. The normalized spacial score (nSPS) is 15.8. The van der Waals surface area contributed by atoms with Crippen molar-refractivity contribution < 1.29 is 9.53 Å². The van der Waals surface area contributed by atoms with Crippen LogP contribution in [0.5, 0.6) is 5.75 Å². The van der Waals surface area contributed by atoms with Crippen LogP contribution < -0.4 is 9.64 Å². The predicted molar refractivity (Wildman–Crippen MR) is 64.0 cm³/mol. The smallest absolute Gasteiger partial charge is 0.264 e. The Morgan fingerprint density at radius 2 is 2.00 bits per heavy atom. The number of amides is 1. The number of carbonyl (C=O) groups excluding carboxylic acids is 1. The highest BCUT2D eigenvalue weighted by Gasteiger charge is 2.28. The molecule has 2 rings (SSSR count). The second-order valence-corrected chi connectivity index (χ2v) is 5.15. The van der Waals surface area contributed by atoms with Gasteiger partial charge in [-0.2, -0.15) is 0 Å². The standard InChI is InChI=1S/C13H17NO2/c1-13(2,3)9-6-5-7-10-12(9)16-8-11(15)14(10)4/h5-7H,8H2,1-4H3. The maximum Gasteiger partial charge on any atom is 0.264 e. The lowest BCUT2D eigenvalue weighted by Crippen LogP contribution is -2.36. The van der Waals surface area contributed by atoms with Gasteiger partial charge in [-0.25, -0.2) is 0 Å². The molecule has 1 aliphatic heterocycles. The molecule has 0 radical (unpaired) electrons. The molecule has 86 valence electrons. The van der Waals surface area contributed by atoms with Crippen LogP contribution in [-0.4, -0.2) is 19.6 Å². The van der Waals surface area contributed by atoms with Crippen molar-refractivity contribution in [2.45, 2.75) is 26.2 Å². The number of likely N-dealkylation sites (N-methyl/N-ethyl adjacent to an activating group) is 1. The zero-order valence-corrected chi connectivity index (χ0v) is 10.2. The van der Waals surface area contributed by atoms with E-state index >= 15 is 0 Å². The van der Waals surface area contributed by atoms with E-state index in [2.05, 4.69) is 26.8 Å². The molecule has 0 saturated carbocycles. The summed E-state index contributed by atoms with van der Waals surface area (Å²) in [4.78, 5) is 13.2. The lowest BCUT2D eigenvalue weighted by atomic mass is 9.85. The zero-order chi connectivity index (χ0) is 11.9. The summed E-state index contributed by atoms with van der Waals surface area (Å²) >= 11 is 0. The van der Waals surface area contributed by atoms with Crippen LogP contribution in [-0.2, 0) is 10.2 Å². The van der Waals surface area contributed by atoms with Gasteiger partial charge in [-0.15, -0.1) is 0 Å². The molecule has 0 aromatic heterocycles. The second-order valence-electron chi connectivity index (χ2n) is 5.15. The van der Waals surface area contributed by atoms with Crippen molar-refractivity contribution in [3.05, 3.63) is 23.8 Å². The molecule has 1 heterocycles. The molecule has 16 heavy (non-hydrogen) atoms. The van der Waals surface area contributed by atoms with Crippen molar-refractivity contribution >= 4 is 11.6 Å². The van der Waals surface area contributed by atoms with Gasteiger partial charge >= 0.3 is 0 Å². The van der Waals surface area contributed by atoms with Gasteiger partial charge in [0.2, 0.25) is 0 Å². The molecule has 0 spiro atoms. The topological polar surface area (TPSA) is 29.5 Å². The van der Waals surface area contributed by atoms with Crippen molar-refractivity contribution in [3.8, 4) is 5.75 Å². The number of carbonyl (C=O) groups is 1. The van der Waals surface area contributed by atoms with E-state index in [0.717, 1.165) is 17.0 Å². The fourth-order valence-corrected chi connectivity index (χ4v) is 1.90. The number of fused-ring (bicyclic) bond motifs is 1. The van der Waals surface area contributed by atoms with E-state index in [0.29, 0.717) is 0 Å². The van der Waals surface area contributed by atoms with Crippen LogP contribution in [0.3, 0.4) is 0 Å². The van der Waals surface area contributed by atoms with Crippen molar-refractivity contribution in [2.75, 3.05) is 18.6 Å². The average Bonchev–Trinajstić information content (AvgIpc) is 2.21. The number of para-hydroxylation sites is 1. The molecular formula is C13H17NO2. The Hall–Kier alpha value is -1.51. The number of hydrogen-bond donors (Lipinski definition) is 0. The van der Waals surface area contributed by atoms with E-state index in [-0.39, 0.29) is 17.9 Å². The summed E-state index contributed by atoms with van der Waals surface area (Å²) in [5.74, 6) is 0.843. The first-order valence-electron chi connectivity index (χ1n) is 5.44. The second kappa shape index (κ2) is 3.51. The maximum atomic E-state index is 11.5. The number of hydrogen-bond acceptors (Lipinski definition) is 2. The molecule has 3 heteroatoms. The van der Waals surface area contributed by atoms with E-state index in [1.54, 1.807) is 11.9 Å². The Kier molecular flexibility index (Phi) is 2.41. The van der Waals surface area contributed by atoms with Crippen molar-refractivity contribution in [1.82, 2.24) is 0 Å². The summed E-state index contributed by atoms with van der Waals surface area (Å²) in [6.45, 7) is 6.56. The van der Waals surface area contributed by atoms with E-state index < -0.39 is 0 Å². The number of nitrogens with zero attached hydrogens (tertiary/aromatic N) is 1. The lowest BCUT2D eigenvalue weighted by Gasteiger charge is -2.31. The van der Waals surface area contributed by atoms with Gasteiger partial charge in [-0.05, 0) is 11.5 Å². The molecule has 1 aromatic carbocycles. The van der Waals surface area contributed by atoms with Crippen molar-refractivity contribution in [3.63, 3.8) is 0 Å². The third-order valence-corrected chi connectivity index (χ3v) is 2.88. The fraction of sp³-hybridized carbons (Fsp3) is 0.462. The molecule has 0 aliphatic carbocycles. The molecule has 1 aromatic rings. The Morgan fingerprint density at radius 1 is 1.31 bits per heavy atom. The van der Waals surface area contributed by atoms with E-state index in [9.17, 15) is 4.79 Å². The first-order chi connectivity index (χ1) is 7.41. The minimum Gasteiger partial charge on any atom is -0.481 e. The van der Waals surface area contributed by atoms with Crippen LogP contribution in [0.25, 0.3) is 0 Å². The SMILES string of the molecule is CN1C(=O)COc2c1cccc2C(C)(C)C. The molecule has 1 aliphatic rings. The van der Waals surface area contributed by atoms with Gasteiger partial charge in [0.15, 0.2) is 6.61 Å². The zero-order valence-electron chi connectivity index (χ0n) is 10.2. The van der Waals surface area contributed by atoms with Crippen LogP contribution >= 0.6 is 0 Å². The molecule has 0 fully saturated rings. The molecule has 0 unspecified atom stereocenters. The Morgan fingerprint density at radius 3 is 2.62 bits per heavy atom. The molecule has 0 bridgehead atoms. The molecule has 1 amide bonds. The predicted octanol–water partition coefficient (Wildman–Crippen LogP) is 2.34. The van der Waals surface area contributed by atoms with E-state index in [4.69, 9.17) is 4.74 Å². The van der Waals surface area contributed by atoms with Gasteiger partial charge in [0, 0.05) is 12.6 Å². The largest absolute Gasteiger partial charge is 0.481 e. The summed E-state index contributed by atoms with van der Waals surface area (Å²) in [6.07, 6.45) is 0. The molecular weight excluding hydrogens is 202 g/mol. The minimum atomic E-state index is -0.00133. The first kappa shape index (κ1) is 11.0. The van der Waals surface area contributed by atoms with Crippen molar-refractivity contribution in [2.24, 2.45) is 0 Å². The van der Waals surface area contributed by atoms with Crippen LogP contribution in [0.1, 0.15) is 26.3 Å². The van der Waals surface area contributed by atoms with Gasteiger partial charge in [-0.1, -0.05) is 32.9 Å². The van der Waals surface area contributed by atoms with Crippen LogP contribution in [0.15, 0.2) is 18.2 Å². The number of anilines is 1. The van der Waals surface area contributed by atoms with Gasteiger partial charge in [0.1, 0.15) is 5.75 Å². The number of ether oxygens (including phenoxy) is 1. The fourth-order valence-electron chi connectivity index (χ4n) is 1.90. The summed E-state index contributed by atoms with van der Waals surface area (Å²) in [5, 5.41) is 0. The molecule has 3 nitrogen and oxygen atoms in total. The van der Waals surface area contributed by atoms with Gasteiger partial charge in [-0.3, -0.25) is 4.79 Å². The van der Waals surface area contributed by atoms with E-state index in [1.807, 2.05) is 12.1 Å². The average molecular weight is 219 g/mol. The molecule has 0 atom stereocenters. The van der Waals surface area contributed by atoms with Gasteiger partial charge in [0.25, 0.3) is 5.91 Å². The Labute approximate surface area is 96.0 Å². The molecule has 0 N–H and O–H groups in total. The van der Waals surface area contributed by atoms with Crippen molar-refractivity contribution in [1.29, 1.82) is 0 Å². The summed E-state index contributed by atoms with van der Waals surface area (Å²) in [5.41, 5.74) is 2.03.